The van der Waals surface area contributed by atoms with E-state index in [4.69, 9.17) is 0 Å². The molecule has 0 radical (unpaired) electrons. The van der Waals surface area contributed by atoms with E-state index in [9.17, 15) is 0 Å². The van der Waals surface area contributed by atoms with E-state index < -0.39 is 0 Å². The lowest BCUT2D eigenvalue weighted by atomic mass is 10.0. The molecule has 2 heterocycles. The van der Waals surface area contributed by atoms with Gasteiger partial charge in [0.15, 0.2) is 0 Å². The Morgan fingerprint density at radius 2 is 2.05 bits per heavy atom. The zero-order valence-corrected chi connectivity index (χ0v) is 12.1. The summed E-state index contributed by atoms with van der Waals surface area (Å²) in [6, 6.07) is 1.38. The Morgan fingerprint density at radius 1 is 1.10 bits per heavy atom. The van der Waals surface area contributed by atoms with E-state index in [1.165, 1.54) is 68.6 Å². The molecule has 2 fully saturated rings. The van der Waals surface area contributed by atoms with Gasteiger partial charge in [-0.25, -0.2) is 9.97 Å². The van der Waals surface area contributed by atoms with Gasteiger partial charge in [0, 0.05) is 29.9 Å². The van der Waals surface area contributed by atoms with Crippen molar-refractivity contribution in [2.24, 2.45) is 0 Å². The van der Waals surface area contributed by atoms with Gasteiger partial charge in [0.05, 0.1) is 0 Å². The summed E-state index contributed by atoms with van der Waals surface area (Å²) in [5.74, 6) is 1.25. The maximum atomic E-state index is 4.66. The van der Waals surface area contributed by atoms with Crippen LogP contribution in [0.1, 0.15) is 49.8 Å². The highest BCUT2D eigenvalue weighted by Crippen LogP contribution is 2.35. The molecule has 1 atom stereocenters. The number of nitrogens with zero attached hydrogens (tertiary/aromatic N) is 3. The quantitative estimate of drug-likeness (QED) is 0.911. The maximum Gasteiger partial charge on any atom is 0.135 e. The molecular formula is C16H24N4. The van der Waals surface area contributed by atoms with Crippen LogP contribution in [-0.2, 0) is 12.8 Å². The van der Waals surface area contributed by atoms with Gasteiger partial charge in [-0.3, -0.25) is 0 Å². The third kappa shape index (κ3) is 2.41. The first-order chi connectivity index (χ1) is 9.92. The Balaban J connectivity index is 1.58. The van der Waals surface area contributed by atoms with Crippen LogP contribution < -0.4 is 10.2 Å². The lowest BCUT2D eigenvalue weighted by Gasteiger charge is -2.32. The lowest BCUT2D eigenvalue weighted by Crippen LogP contribution is -2.45. The zero-order valence-electron chi connectivity index (χ0n) is 12.1. The summed E-state index contributed by atoms with van der Waals surface area (Å²) in [5.41, 5.74) is 2.74. The van der Waals surface area contributed by atoms with Crippen LogP contribution in [0.4, 0.5) is 5.82 Å². The van der Waals surface area contributed by atoms with Gasteiger partial charge in [-0.2, -0.15) is 0 Å². The molecule has 1 aliphatic heterocycles. The van der Waals surface area contributed by atoms with E-state index in [2.05, 4.69) is 20.2 Å². The lowest BCUT2D eigenvalue weighted by molar-refractivity contribution is 0.397. The van der Waals surface area contributed by atoms with E-state index >= 15 is 0 Å². The molecule has 0 aromatic carbocycles. The predicted octanol–water partition coefficient (Wildman–Crippen LogP) is 2.08. The van der Waals surface area contributed by atoms with Crippen LogP contribution in [0.3, 0.4) is 0 Å². The summed E-state index contributed by atoms with van der Waals surface area (Å²) < 4.78 is 0. The predicted molar refractivity (Wildman–Crippen MR) is 80.1 cm³/mol. The van der Waals surface area contributed by atoms with Crippen LogP contribution in [0.15, 0.2) is 6.33 Å². The number of fused-ring (bicyclic) bond motifs is 1. The molecule has 1 aromatic heterocycles. The summed E-state index contributed by atoms with van der Waals surface area (Å²) in [4.78, 5) is 11.7. The highest BCUT2D eigenvalue weighted by Gasteiger charge is 2.34. The molecule has 0 amide bonds. The van der Waals surface area contributed by atoms with Gasteiger partial charge < -0.3 is 10.2 Å². The molecule has 2 aliphatic carbocycles. The van der Waals surface area contributed by atoms with Gasteiger partial charge in [0.1, 0.15) is 12.1 Å². The Labute approximate surface area is 121 Å². The first-order valence-corrected chi connectivity index (χ1v) is 8.24. The molecule has 1 saturated heterocycles. The Hall–Kier alpha value is -1.16. The highest BCUT2D eigenvalue weighted by atomic mass is 15.3. The molecule has 4 rings (SSSR count). The molecule has 1 aromatic rings. The van der Waals surface area contributed by atoms with Crippen LogP contribution in [0.2, 0.25) is 0 Å². The van der Waals surface area contributed by atoms with Crippen molar-refractivity contribution >= 4 is 5.82 Å². The van der Waals surface area contributed by atoms with E-state index in [1.54, 1.807) is 6.33 Å². The van der Waals surface area contributed by atoms with Crippen molar-refractivity contribution in [3.8, 4) is 0 Å². The van der Waals surface area contributed by atoms with Crippen molar-refractivity contribution in [2.45, 2.75) is 63.5 Å². The van der Waals surface area contributed by atoms with Gasteiger partial charge in [0.2, 0.25) is 0 Å². The zero-order chi connectivity index (χ0) is 13.4. The van der Waals surface area contributed by atoms with Crippen molar-refractivity contribution in [3.05, 3.63) is 17.6 Å². The number of rotatable bonds is 4. The normalized spacial score (nSPS) is 25.5. The Kier molecular flexibility index (Phi) is 3.34. The minimum absolute atomic E-state index is 0.649. The average molecular weight is 272 g/mol. The van der Waals surface area contributed by atoms with E-state index in [-0.39, 0.29) is 0 Å². The van der Waals surface area contributed by atoms with E-state index in [0.717, 1.165) is 19.0 Å². The fourth-order valence-electron chi connectivity index (χ4n) is 3.70. The monoisotopic (exact) mass is 272 g/mol. The van der Waals surface area contributed by atoms with E-state index in [1.807, 2.05) is 0 Å². The summed E-state index contributed by atoms with van der Waals surface area (Å²) in [6.07, 6.45) is 12.1. The minimum Gasteiger partial charge on any atom is -0.352 e. The molecular weight excluding hydrogens is 248 g/mol. The molecule has 108 valence electrons. The third-order valence-electron chi connectivity index (χ3n) is 4.94. The van der Waals surface area contributed by atoms with Gasteiger partial charge in [0.25, 0.3) is 0 Å². The second-order valence-electron chi connectivity index (χ2n) is 6.51. The third-order valence-corrected chi connectivity index (χ3v) is 4.94. The number of aryl methyl sites for hydroxylation is 1. The fraction of sp³-hybridized carbons (Fsp3) is 0.750. The number of anilines is 1. The molecule has 20 heavy (non-hydrogen) atoms. The number of hydrogen-bond donors (Lipinski definition) is 1. The average Bonchev–Trinajstić information content (AvgIpc) is 3.22. The molecule has 1 N–H and O–H groups in total. The van der Waals surface area contributed by atoms with Crippen molar-refractivity contribution in [2.75, 3.05) is 18.0 Å². The molecule has 0 spiro atoms. The molecule has 3 aliphatic rings. The first-order valence-electron chi connectivity index (χ1n) is 8.24. The molecule has 4 heteroatoms. The molecule has 1 saturated carbocycles. The van der Waals surface area contributed by atoms with Gasteiger partial charge in [-0.05, 0) is 51.5 Å². The molecule has 0 bridgehead atoms. The smallest absolute Gasteiger partial charge is 0.135 e. The topological polar surface area (TPSA) is 41.1 Å². The summed E-state index contributed by atoms with van der Waals surface area (Å²) >= 11 is 0. The highest BCUT2D eigenvalue weighted by molar-refractivity contribution is 5.52. The van der Waals surface area contributed by atoms with Crippen LogP contribution in [-0.4, -0.2) is 35.1 Å². The largest absolute Gasteiger partial charge is 0.352 e. The minimum atomic E-state index is 0.649. The van der Waals surface area contributed by atoms with Gasteiger partial charge in [-0.15, -0.1) is 0 Å². The number of piperidine rings is 1. The number of aromatic nitrogens is 2. The number of hydrogen-bond acceptors (Lipinski definition) is 4. The van der Waals surface area contributed by atoms with Crippen LogP contribution in [0, 0.1) is 0 Å². The Bertz CT molecular complexity index is 477. The van der Waals surface area contributed by atoms with Gasteiger partial charge >= 0.3 is 0 Å². The van der Waals surface area contributed by atoms with Crippen LogP contribution in [0.25, 0.3) is 0 Å². The summed E-state index contributed by atoms with van der Waals surface area (Å²) in [7, 11) is 0. The first kappa shape index (κ1) is 12.6. The second-order valence-corrected chi connectivity index (χ2v) is 6.51. The van der Waals surface area contributed by atoms with Crippen molar-refractivity contribution in [1.82, 2.24) is 15.3 Å². The fourth-order valence-corrected chi connectivity index (χ4v) is 3.70. The van der Waals surface area contributed by atoms with Crippen LogP contribution in [0.5, 0.6) is 0 Å². The van der Waals surface area contributed by atoms with Crippen molar-refractivity contribution in [1.29, 1.82) is 0 Å². The summed E-state index contributed by atoms with van der Waals surface area (Å²) in [6.45, 7) is 2.32. The van der Waals surface area contributed by atoms with E-state index in [0.29, 0.717) is 6.04 Å². The molecule has 4 nitrogen and oxygen atoms in total. The SMILES string of the molecule is c1nc2c(c(N(CC3CCCCN3)C3CC3)n1)CCC2. The molecule has 1 unspecified atom stereocenters. The maximum absolute atomic E-state index is 4.66. The Morgan fingerprint density at radius 3 is 2.85 bits per heavy atom. The van der Waals surface area contributed by atoms with Gasteiger partial charge in [-0.1, -0.05) is 6.42 Å². The standard InChI is InChI=1S/C16H24N4/c1-2-9-17-12(4-1)10-20(13-7-8-13)16-14-5-3-6-15(14)18-11-19-16/h11-13,17H,1-10H2. The second kappa shape index (κ2) is 5.32. The van der Waals surface area contributed by atoms with Crippen LogP contribution >= 0.6 is 0 Å². The van der Waals surface area contributed by atoms with Crippen molar-refractivity contribution in [3.63, 3.8) is 0 Å². The number of nitrogens with one attached hydrogen (secondary N) is 1. The summed E-state index contributed by atoms with van der Waals surface area (Å²) in [5, 5.41) is 3.68. The van der Waals surface area contributed by atoms with Crippen molar-refractivity contribution < 1.29 is 0 Å².